The molecule has 3 atom stereocenters. The number of amides is 1. The predicted octanol–water partition coefficient (Wildman–Crippen LogP) is 0.391. The van der Waals surface area contributed by atoms with E-state index in [1.807, 2.05) is 6.92 Å². The van der Waals surface area contributed by atoms with Crippen LogP contribution in [0.25, 0.3) is 0 Å². The Kier molecular flexibility index (Phi) is 3.14. The van der Waals surface area contributed by atoms with E-state index in [0.717, 1.165) is 19.3 Å². The van der Waals surface area contributed by atoms with Gasteiger partial charge in [-0.15, -0.1) is 0 Å². The summed E-state index contributed by atoms with van der Waals surface area (Å²) in [5, 5.41) is 11.6. The van der Waals surface area contributed by atoms with Gasteiger partial charge in [-0.25, -0.2) is 4.79 Å². The van der Waals surface area contributed by atoms with Crippen LogP contribution in [0.5, 0.6) is 0 Å². The third kappa shape index (κ3) is 2.52. The van der Waals surface area contributed by atoms with Gasteiger partial charge in [0.25, 0.3) is 0 Å². The average Bonchev–Trinajstić information content (AvgIpc) is 3.07. The lowest BCUT2D eigenvalue weighted by molar-refractivity contribution is -0.142. The number of carbonyl (C=O) groups is 2. The highest BCUT2D eigenvalue weighted by atomic mass is 16.5. The summed E-state index contributed by atoms with van der Waals surface area (Å²) >= 11 is 0. The molecule has 16 heavy (non-hydrogen) atoms. The lowest BCUT2D eigenvalue weighted by atomic mass is 10.2. The minimum absolute atomic E-state index is 0.00125. The highest BCUT2D eigenvalue weighted by Gasteiger charge is 2.46. The summed E-state index contributed by atoms with van der Waals surface area (Å²) in [6.07, 6.45) is 2.52. The SMILES string of the molecule is CCOC1CC1C(=O)NC(C(=O)O)C1CC1. The summed E-state index contributed by atoms with van der Waals surface area (Å²) < 4.78 is 5.30. The van der Waals surface area contributed by atoms with Gasteiger partial charge >= 0.3 is 5.97 Å². The number of carbonyl (C=O) groups excluding carboxylic acids is 1. The molecule has 2 rings (SSSR count). The fourth-order valence-electron chi connectivity index (χ4n) is 1.92. The zero-order valence-electron chi connectivity index (χ0n) is 9.31. The van der Waals surface area contributed by atoms with Gasteiger partial charge in [0.2, 0.25) is 5.91 Å². The second-order valence-electron chi connectivity index (χ2n) is 4.50. The summed E-state index contributed by atoms with van der Waals surface area (Å²) in [6, 6.07) is -0.699. The Labute approximate surface area is 94.2 Å². The van der Waals surface area contributed by atoms with Crippen LogP contribution in [0.15, 0.2) is 0 Å². The van der Waals surface area contributed by atoms with Crippen LogP contribution >= 0.6 is 0 Å². The molecule has 1 amide bonds. The van der Waals surface area contributed by atoms with Crippen molar-refractivity contribution in [2.24, 2.45) is 11.8 Å². The summed E-state index contributed by atoms with van der Waals surface area (Å²) in [7, 11) is 0. The summed E-state index contributed by atoms with van der Waals surface area (Å²) in [5.74, 6) is -1.10. The van der Waals surface area contributed by atoms with Crippen LogP contribution in [-0.2, 0) is 14.3 Å². The lowest BCUT2D eigenvalue weighted by Crippen LogP contribution is -2.43. The first kappa shape index (κ1) is 11.4. The molecular formula is C11H17NO4. The maximum absolute atomic E-state index is 11.7. The van der Waals surface area contributed by atoms with Crippen molar-refractivity contribution in [1.29, 1.82) is 0 Å². The number of carboxylic acid groups (broad SMARTS) is 1. The van der Waals surface area contributed by atoms with Crippen molar-refractivity contribution in [2.75, 3.05) is 6.61 Å². The fourth-order valence-corrected chi connectivity index (χ4v) is 1.92. The number of ether oxygens (including phenoxy) is 1. The second-order valence-corrected chi connectivity index (χ2v) is 4.50. The molecule has 0 aliphatic heterocycles. The molecule has 2 aliphatic rings. The Hall–Kier alpha value is -1.10. The molecule has 0 radical (unpaired) electrons. The molecule has 0 spiro atoms. The van der Waals surface area contributed by atoms with Crippen LogP contribution < -0.4 is 5.32 Å². The van der Waals surface area contributed by atoms with Gasteiger partial charge in [0.05, 0.1) is 12.0 Å². The van der Waals surface area contributed by atoms with E-state index in [1.165, 1.54) is 0 Å². The minimum Gasteiger partial charge on any atom is -0.480 e. The van der Waals surface area contributed by atoms with Gasteiger partial charge in [-0.2, -0.15) is 0 Å². The van der Waals surface area contributed by atoms with E-state index in [4.69, 9.17) is 9.84 Å². The van der Waals surface area contributed by atoms with E-state index in [2.05, 4.69) is 5.32 Å². The first-order valence-electron chi connectivity index (χ1n) is 5.78. The molecule has 0 aromatic rings. The number of carboxylic acids is 1. The topological polar surface area (TPSA) is 75.6 Å². The Bertz CT molecular complexity index is 300. The molecule has 5 nitrogen and oxygen atoms in total. The lowest BCUT2D eigenvalue weighted by Gasteiger charge is -2.13. The third-order valence-corrected chi connectivity index (χ3v) is 3.11. The van der Waals surface area contributed by atoms with Crippen molar-refractivity contribution in [2.45, 2.75) is 38.3 Å². The minimum atomic E-state index is -0.926. The van der Waals surface area contributed by atoms with Crippen LogP contribution in [0, 0.1) is 11.8 Å². The first-order chi connectivity index (χ1) is 7.63. The fraction of sp³-hybridized carbons (Fsp3) is 0.818. The van der Waals surface area contributed by atoms with Gasteiger partial charge in [0.15, 0.2) is 0 Å². The van der Waals surface area contributed by atoms with E-state index < -0.39 is 12.0 Å². The van der Waals surface area contributed by atoms with Gasteiger partial charge in [0, 0.05) is 6.61 Å². The molecule has 0 aromatic heterocycles. The molecule has 2 aliphatic carbocycles. The monoisotopic (exact) mass is 227 g/mol. The molecule has 2 saturated carbocycles. The molecule has 2 fully saturated rings. The smallest absolute Gasteiger partial charge is 0.326 e. The zero-order valence-corrected chi connectivity index (χ0v) is 9.31. The first-order valence-corrected chi connectivity index (χ1v) is 5.78. The number of hydrogen-bond acceptors (Lipinski definition) is 3. The highest BCUT2D eigenvalue weighted by molar-refractivity contribution is 5.87. The van der Waals surface area contributed by atoms with Gasteiger partial charge in [-0.1, -0.05) is 0 Å². The molecular weight excluding hydrogens is 210 g/mol. The Morgan fingerprint density at radius 2 is 2.19 bits per heavy atom. The molecule has 0 aromatic carbocycles. The van der Waals surface area contributed by atoms with Crippen LogP contribution in [-0.4, -0.2) is 35.7 Å². The van der Waals surface area contributed by atoms with Crippen LogP contribution in [0.2, 0.25) is 0 Å². The third-order valence-electron chi connectivity index (χ3n) is 3.11. The molecule has 90 valence electrons. The van der Waals surface area contributed by atoms with Crippen LogP contribution in [0.3, 0.4) is 0 Å². The summed E-state index contributed by atoms with van der Waals surface area (Å²) in [5.41, 5.74) is 0. The molecule has 0 saturated heterocycles. The number of aliphatic carboxylic acids is 1. The second kappa shape index (κ2) is 4.41. The van der Waals surface area contributed by atoms with Crippen molar-refractivity contribution in [3.63, 3.8) is 0 Å². The molecule has 5 heteroatoms. The predicted molar refractivity (Wildman–Crippen MR) is 55.8 cm³/mol. The number of rotatable bonds is 6. The van der Waals surface area contributed by atoms with Crippen LogP contribution in [0.4, 0.5) is 0 Å². The van der Waals surface area contributed by atoms with Gasteiger partial charge in [0.1, 0.15) is 6.04 Å². The van der Waals surface area contributed by atoms with Crippen molar-refractivity contribution in [3.8, 4) is 0 Å². The Morgan fingerprint density at radius 1 is 1.50 bits per heavy atom. The van der Waals surface area contributed by atoms with E-state index in [0.29, 0.717) is 6.61 Å². The standard InChI is InChI=1S/C11H17NO4/c1-2-16-8-5-7(8)10(13)12-9(11(14)15)6-3-4-6/h6-9H,2-5H2,1H3,(H,12,13)(H,14,15). The van der Waals surface area contributed by atoms with E-state index in [-0.39, 0.29) is 23.8 Å². The molecule has 0 bridgehead atoms. The van der Waals surface area contributed by atoms with Crippen molar-refractivity contribution >= 4 is 11.9 Å². The quantitative estimate of drug-likeness (QED) is 0.688. The number of hydrogen-bond donors (Lipinski definition) is 2. The van der Waals surface area contributed by atoms with E-state index in [9.17, 15) is 9.59 Å². The molecule has 3 unspecified atom stereocenters. The maximum Gasteiger partial charge on any atom is 0.326 e. The average molecular weight is 227 g/mol. The van der Waals surface area contributed by atoms with E-state index in [1.54, 1.807) is 0 Å². The van der Waals surface area contributed by atoms with Crippen molar-refractivity contribution < 1.29 is 19.4 Å². The van der Waals surface area contributed by atoms with Crippen LogP contribution in [0.1, 0.15) is 26.2 Å². The normalized spacial score (nSPS) is 29.6. The van der Waals surface area contributed by atoms with Gasteiger partial charge in [-0.3, -0.25) is 4.79 Å². The molecule has 0 heterocycles. The maximum atomic E-state index is 11.7. The zero-order chi connectivity index (χ0) is 11.7. The largest absolute Gasteiger partial charge is 0.480 e. The number of nitrogens with one attached hydrogen (secondary N) is 1. The van der Waals surface area contributed by atoms with Gasteiger partial charge in [-0.05, 0) is 32.1 Å². The Morgan fingerprint density at radius 3 is 2.69 bits per heavy atom. The van der Waals surface area contributed by atoms with Gasteiger partial charge < -0.3 is 15.2 Å². The van der Waals surface area contributed by atoms with E-state index >= 15 is 0 Å². The van der Waals surface area contributed by atoms with Crippen molar-refractivity contribution in [1.82, 2.24) is 5.32 Å². The van der Waals surface area contributed by atoms with Crippen molar-refractivity contribution in [3.05, 3.63) is 0 Å². The highest BCUT2D eigenvalue weighted by Crippen LogP contribution is 2.36. The Balaban J connectivity index is 1.80. The summed E-state index contributed by atoms with van der Waals surface area (Å²) in [4.78, 5) is 22.6. The molecule has 2 N–H and O–H groups in total. The summed E-state index contributed by atoms with van der Waals surface area (Å²) in [6.45, 7) is 2.48.